The van der Waals surface area contributed by atoms with E-state index in [1.807, 2.05) is 48.5 Å². The fraction of sp³-hybridized carbons (Fsp3) is 0.250. The number of hydrogen-bond acceptors (Lipinski definition) is 2. The van der Waals surface area contributed by atoms with E-state index >= 15 is 0 Å². The largest absolute Gasteiger partial charge is 0.494 e. The second-order valence-corrected chi connectivity index (χ2v) is 4.82. The van der Waals surface area contributed by atoms with Gasteiger partial charge in [0.05, 0.1) is 12.6 Å². The van der Waals surface area contributed by atoms with Crippen molar-refractivity contribution in [1.29, 1.82) is 0 Å². The molecule has 0 fully saturated rings. The minimum absolute atomic E-state index is 0.214. The minimum atomic E-state index is -0.214. The van der Waals surface area contributed by atoms with Gasteiger partial charge in [-0.3, -0.25) is 0 Å². The highest BCUT2D eigenvalue weighted by atomic mass is 35.5. The first-order chi connectivity index (χ1) is 9.22. The van der Waals surface area contributed by atoms with E-state index in [1.54, 1.807) is 0 Å². The Balaban J connectivity index is 2.16. The zero-order valence-corrected chi connectivity index (χ0v) is 11.7. The summed E-state index contributed by atoms with van der Waals surface area (Å²) in [5.74, 6) is 0.872. The number of halogens is 1. The fourth-order valence-corrected chi connectivity index (χ4v) is 2.15. The maximum Gasteiger partial charge on any atom is 0.119 e. The van der Waals surface area contributed by atoms with Crippen molar-refractivity contribution in [2.45, 2.75) is 19.4 Å². The van der Waals surface area contributed by atoms with Gasteiger partial charge >= 0.3 is 0 Å². The maximum absolute atomic E-state index is 6.24. The third-order valence-corrected chi connectivity index (χ3v) is 3.30. The summed E-state index contributed by atoms with van der Waals surface area (Å²) in [6, 6.07) is 15.3. The van der Waals surface area contributed by atoms with Crippen molar-refractivity contribution in [1.82, 2.24) is 0 Å². The molecule has 0 aliphatic carbocycles. The van der Waals surface area contributed by atoms with Crippen LogP contribution in [0.4, 0.5) is 0 Å². The Morgan fingerprint density at radius 3 is 2.42 bits per heavy atom. The topological polar surface area (TPSA) is 35.2 Å². The van der Waals surface area contributed by atoms with Crippen molar-refractivity contribution in [2.75, 3.05) is 6.61 Å². The average molecular weight is 276 g/mol. The lowest BCUT2D eigenvalue weighted by Gasteiger charge is -2.14. The summed E-state index contributed by atoms with van der Waals surface area (Å²) < 4.78 is 5.55. The Bertz CT molecular complexity index is 525. The molecule has 2 N–H and O–H groups in total. The van der Waals surface area contributed by atoms with Gasteiger partial charge in [0, 0.05) is 5.02 Å². The van der Waals surface area contributed by atoms with Crippen LogP contribution in [0.3, 0.4) is 0 Å². The van der Waals surface area contributed by atoms with Crippen LogP contribution < -0.4 is 10.5 Å². The predicted molar refractivity (Wildman–Crippen MR) is 79.7 cm³/mol. The van der Waals surface area contributed by atoms with Gasteiger partial charge in [-0.25, -0.2) is 0 Å². The summed E-state index contributed by atoms with van der Waals surface area (Å²) in [7, 11) is 0. The van der Waals surface area contributed by atoms with E-state index < -0.39 is 0 Å². The SMILES string of the molecule is CCCOc1ccc(C(N)c2ccccc2Cl)cc1. The van der Waals surface area contributed by atoms with Crippen LogP contribution >= 0.6 is 11.6 Å². The second kappa shape index (κ2) is 6.60. The molecule has 1 unspecified atom stereocenters. The first-order valence-electron chi connectivity index (χ1n) is 6.45. The standard InChI is InChI=1S/C16H18ClNO/c1-2-11-19-13-9-7-12(8-10-13)16(18)14-5-3-4-6-15(14)17/h3-10,16H,2,11,18H2,1H3. The molecule has 0 spiro atoms. The van der Waals surface area contributed by atoms with Crippen LogP contribution in [0.1, 0.15) is 30.5 Å². The third-order valence-electron chi connectivity index (χ3n) is 2.95. The van der Waals surface area contributed by atoms with Gasteiger partial charge in [-0.1, -0.05) is 48.9 Å². The van der Waals surface area contributed by atoms with E-state index in [1.165, 1.54) is 0 Å². The molecule has 0 amide bonds. The quantitative estimate of drug-likeness (QED) is 0.888. The molecule has 19 heavy (non-hydrogen) atoms. The molecule has 0 saturated heterocycles. The summed E-state index contributed by atoms with van der Waals surface area (Å²) in [5, 5.41) is 0.696. The molecule has 0 aromatic heterocycles. The van der Waals surface area contributed by atoms with Crippen molar-refractivity contribution < 1.29 is 4.74 Å². The molecule has 0 bridgehead atoms. The van der Waals surface area contributed by atoms with Crippen molar-refractivity contribution in [3.8, 4) is 5.75 Å². The van der Waals surface area contributed by atoms with Crippen LogP contribution in [-0.2, 0) is 0 Å². The van der Waals surface area contributed by atoms with Crippen LogP contribution in [0.25, 0.3) is 0 Å². The fourth-order valence-electron chi connectivity index (χ4n) is 1.90. The van der Waals surface area contributed by atoms with E-state index in [2.05, 4.69) is 6.92 Å². The van der Waals surface area contributed by atoms with Gasteiger partial charge in [-0.15, -0.1) is 0 Å². The monoisotopic (exact) mass is 275 g/mol. The molecule has 0 radical (unpaired) electrons. The van der Waals surface area contributed by atoms with Gasteiger partial charge in [0.15, 0.2) is 0 Å². The number of nitrogens with two attached hydrogens (primary N) is 1. The highest BCUT2D eigenvalue weighted by Gasteiger charge is 2.11. The molecule has 2 aromatic carbocycles. The molecule has 2 aromatic rings. The Hall–Kier alpha value is -1.51. The van der Waals surface area contributed by atoms with Gasteiger partial charge in [0.25, 0.3) is 0 Å². The van der Waals surface area contributed by atoms with Crippen LogP contribution in [-0.4, -0.2) is 6.61 Å². The summed E-state index contributed by atoms with van der Waals surface area (Å²) in [5.41, 5.74) is 8.20. The number of benzene rings is 2. The summed E-state index contributed by atoms with van der Waals surface area (Å²) in [4.78, 5) is 0. The van der Waals surface area contributed by atoms with Gasteiger partial charge in [-0.2, -0.15) is 0 Å². The molecule has 100 valence electrons. The van der Waals surface area contributed by atoms with Crippen molar-refractivity contribution in [3.63, 3.8) is 0 Å². The molecule has 0 aliphatic heterocycles. The summed E-state index contributed by atoms with van der Waals surface area (Å²) in [6.07, 6.45) is 1.00. The smallest absolute Gasteiger partial charge is 0.119 e. The molecule has 2 nitrogen and oxygen atoms in total. The minimum Gasteiger partial charge on any atom is -0.494 e. The molecule has 0 aliphatic rings. The van der Waals surface area contributed by atoms with E-state index in [9.17, 15) is 0 Å². The van der Waals surface area contributed by atoms with Crippen LogP contribution in [0.5, 0.6) is 5.75 Å². The molecular weight excluding hydrogens is 258 g/mol. The summed E-state index contributed by atoms with van der Waals surface area (Å²) in [6.45, 7) is 2.82. The highest BCUT2D eigenvalue weighted by molar-refractivity contribution is 6.31. The van der Waals surface area contributed by atoms with E-state index in [0.717, 1.165) is 29.9 Å². The number of rotatable bonds is 5. The third kappa shape index (κ3) is 3.49. The number of ether oxygens (including phenoxy) is 1. The van der Waals surface area contributed by atoms with Crippen LogP contribution in [0.15, 0.2) is 48.5 Å². The molecule has 2 rings (SSSR count). The molecular formula is C16H18ClNO. The highest BCUT2D eigenvalue weighted by Crippen LogP contribution is 2.27. The molecule has 0 saturated carbocycles. The number of hydrogen-bond donors (Lipinski definition) is 1. The van der Waals surface area contributed by atoms with Gasteiger partial charge < -0.3 is 10.5 Å². The van der Waals surface area contributed by atoms with Gasteiger partial charge in [0.2, 0.25) is 0 Å². The first kappa shape index (κ1) is 13.9. The zero-order valence-electron chi connectivity index (χ0n) is 11.0. The van der Waals surface area contributed by atoms with Gasteiger partial charge in [-0.05, 0) is 35.7 Å². The van der Waals surface area contributed by atoms with E-state index in [0.29, 0.717) is 5.02 Å². The molecule has 0 heterocycles. The average Bonchev–Trinajstić information content (AvgIpc) is 2.45. The van der Waals surface area contributed by atoms with Crippen LogP contribution in [0, 0.1) is 0 Å². The predicted octanol–water partition coefficient (Wildman–Crippen LogP) is 4.18. The van der Waals surface area contributed by atoms with Gasteiger partial charge in [0.1, 0.15) is 5.75 Å². The Labute approximate surface area is 119 Å². The molecule has 1 atom stereocenters. The normalized spacial score (nSPS) is 12.2. The first-order valence-corrected chi connectivity index (χ1v) is 6.83. The second-order valence-electron chi connectivity index (χ2n) is 4.42. The van der Waals surface area contributed by atoms with Crippen molar-refractivity contribution >= 4 is 11.6 Å². The van der Waals surface area contributed by atoms with E-state index in [-0.39, 0.29) is 6.04 Å². The van der Waals surface area contributed by atoms with Crippen molar-refractivity contribution in [2.24, 2.45) is 5.73 Å². The Morgan fingerprint density at radius 1 is 1.11 bits per heavy atom. The molecule has 3 heteroatoms. The maximum atomic E-state index is 6.24. The Morgan fingerprint density at radius 2 is 1.79 bits per heavy atom. The zero-order chi connectivity index (χ0) is 13.7. The lowest BCUT2D eigenvalue weighted by atomic mass is 9.99. The lowest BCUT2D eigenvalue weighted by Crippen LogP contribution is -2.12. The van der Waals surface area contributed by atoms with E-state index in [4.69, 9.17) is 22.1 Å². The van der Waals surface area contributed by atoms with Crippen molar-refractivity contribution in [3.05, 3.63) is 64.7 Å². The van der Waals surface area contributed by atoms with Crippen LogP contribution in [0.2, 0.25) is 5.02 Å². The lowest BCUT2D eigenvalue weighted by molar-refractivity contribution is 0.317. The summed E-state index contributed by atoms with van der Waals surface area (Å²) >= 11 is 6.16. The Kier molecular flexibility index (Phi) is 4.83.